The van der Waals surface area contributed by atoms with Crippen molar-refractivity contribution in [1.82, 2.24) is 10.6 Å². The normalized spacial score (nSPS) is 18.5. The van der Waals surface area contributed by atoms with E-state index < -0.39 is 0 Å². The predicted molar refractivity (Wildman–Crippen MR) is 81.6 cm³/mol. The molecule has 2 atom stereocenters. The Kier molecular flexibility index (Phi) is 5.77. The summed E-state index contributed by atoms with van der Waals surface area (Å²) in [6, 6.07) is 6.70. The number of carbonyl (C=O) groups is 2. The second kappa shape index (κ2) is 7.79. The van der Waals surface area contributed by atoms with Gasteiger partial charge in [-0.3, -0.25) is 0 Å². The fourth-order valence-corrected chi connectivity index (χ4v) is 2.41. The first-order valence-electron chi connectivity index (χ1n) is 7.43. The number of rotatable bonds is 5. The maximum atomic E-state index is 11.9. The summed E-state index contributed by atoms with van der Waals surface area (Å²) >= 11 is 0. The number of carbonyl (C=O) groups excluding carboxylic acids is 2. The summed E-state index contributed by atoms with van der Waals surface area (Å²) in [7, 11) is 1.34. The molecule has 0 aromatic heterocycles. The second-order valence-electron chi connectivity index (χ2n) is 5.36. The monoisotopic (exact) mass is 306 g/mol. The Labute approximate surface area is 130 Å². The second-order valence-corrected chi connectivity index (χ2v) is 5.36. The molecular weight excluding hydrogens is 284 g/mol. The summed E-state index contributed by atoms with van der Waals surface area (Å²) in [6.07, 6.45) is 2.13. The van der Waals surface area contributed by atoms with Crippen LogP contribution in [-0.4, -0.2) is 37.9 Å². The van der Waals surface area contributed by atoms with Crippen molar-refractivity contribution < 1.29 is 19.1 Å². The largest absolute Gasteiger partial charge is 0.465 e. The van der Waals surface area contributed by atoms with E-state index in [1.807, 2.05) is 6.92 Å². The van der Waals surface area contributed by atoms with E-state index in [9.17, 15) is 9.59 Å². The molecule has 1 saturated heterocycles. The zero-order chi connectivity index (χ0) is 15.9. The van der Waals surface area contributed by atoms with Crippen LogP contribution in [0.15, 0.2) is 24.3 Å². The molecule has 2 unspecified atom stereocenters. The van der Waals surface area contributed by atoms with E-state index in [1.54, 1.807) is 24.3 Å². The first kappa shape index (κ1) is 16.3. The van der Waals surface area contributed by atoms with Gasteiger partial charge in [-0.2, -0.15) is 0 Å². The summed E-state index contributed by atoms with van der Waals surface area (Å²) in [5, 5.41) is 5.68. The van der Waals surface area contributed by atoms with Gasteiger partial charge in [0.2, 0.25) is 0 Å². The van der Waals surface area contributed by atoms with Crippen LogP contribution in [0.25, 0.3) is 0 Å². The first-order chi connectivity index (χ1) is 10.6. The SMILES string of the molecule is COC(=O)c1ccc(CNC(=O)NC(C)C2CCCO2)cc1. The number of methoxy groups -OCH3 is 1. The molecule has 22 heavy (non-hydrogen) atoms. The molecule has 0 radical (unpaired) electrons. The van der Waals surface area contributed by atoms with Crippen molar-refractivity contribution in [2.45, 2.75) is 38.5 Å². The Morgan fingerprint density at radius 2 is 2.09 bits per heavy atom. The number of esters is 1. The van der Waals surface area contributed by atoms with Gasteiger partial charge < -0.3 is 20.1 Å². The minimum Gasteiger partial charge on any atom is -0.465 e. The molecule has 2 rings (SSSR count). The summed E-state index contributed by atoms with van der Waals surface area (Å²) < 4.78 is 10.2. The highest BCUT2D eigenvalue weighted by molar-refractivity contribution is 5.89. The average Bonchev–Trinajstić information content (AvgIpc) is 3.07. The zero-order valence-electron chi connectivity index (χ0n) is 12.9. The van der Waals surface area contributed by atoms with Crippen molar-refractivity contribution >= 4 is 12.0 Å². The molecule has 1 aromatic carbocycles. The molecule has 1 aromatic rings. The third-order valence-electron chi connectivity index (χ3n) is 3.71. The Morgan fingerprint density at radius 3 is 2.68 bits per heavy atom. The van der Waals surface area contributed by atoms with Gasteiger partial charge in [0.25, 0.3) is 0 Å². The minimum absolute atomic E-state index is 0.01000. The Balaban J connectivity index is 1.77. The molecule has 2 N–H and O–H groups in total. The van der Waals surface area contributed by atoms with Gasteiger partial charge in [0.15, 0.2) is 0 Å². The van der Waals surface area contributed by atoms with E-state index in [-0.39, 0.29) is 24.1 Å². The van der Waals surface area contributed by atoms with E-state index >= 15 is 0 Å². The molecule has 2 amide bonds. The van der Waals surface area contributed by atoms with Gasteiger partial charge in [0, 0.05) is 13.2 Å². The minimum atomic E-state index is -0.373. The van der Waals surface area contributed by atoms with Crippen molar-refractivity contribution in [3.63, 3.8) is 0 Å². The van der Waals surface area contributed by atoms with Crippen LogP contribution in [0.5, 0.6) is 0 Å². The summed E-state index contributed by atoms with van der Waals surface area (Å²) in [5.41, 5.74) is 1.40. The van der Waals surface area contributed by atoms with E-state index in [4.69, 9.17) is 4.74 Å². The Morgan fingerprint density at radius 1 is 1.36 bits per heavy atom. The number of urea groups is 1. The highest BCUT2D eigenvalue weighted by atomic mass is 16.5. The fourth-order valence-electron chi connectivity index (χ4n) is 2.41. The highest BCUT2D eigenvalue weighted by Gasteiger charge is 2.23. The number of ether oxygens (including phenoxy) is 2. The van der Waals surface area contributed by atoms with Gasteiger partial charge >= 0.3 is 12.0 Å². The lowest BCUT2D eigenvalue weighted by atomic mass is 10.1. The van der Waals surface area contributed by atoms with E-state index in [0.29, 0.717) is 12.1 Å². The van der Waals surface area contributed by atoms with Crippen molar-refractivity contribution in [3.8, 4) is 0 Å². The van der Waals surface area contributed by atoms with Crippen LogP contribution in [0.4, 0.5) is 4.79 Å². The average molecular weight is 306 g/mol. The Bertz CT molecular complexity index is 509. The van der Waals surface area contributed by atoms with E-state index in [0.717, 1.165) is 25.0 Å². The van der Waals surface area contributed by atoms with Gasteiger partial charge in [-0.15, -0.1) is 0 Å². The molecule has 1 aliphatic rings. The topological polar surface area (TPSA) is 76.7 Å². The quantitative estimate of drug-likeness (QED) is 0.814. The molecule has 0 bridgehead atoms. The van der Waals surface area contributed by atoms with Crippen molar-refractivity contribution in [2.24, 2.45) is 0 Å². The summed E-state index contributed by atoms with van der Waals surface area (Å²) in [4.78, 5) is 23.2. The molecule has 0 aliphatic carbocycles. The lowest BCUT2D eigenvalue weighted by Crippen LogP contribution is -2.45. The van der Waals surface area contributed by atoms with Crippen LogP contribution in [0, 0.1) is 0 Å². The third kappa shape index (κ3) is 4.46. The van der Waals surface area contributed by atoms with E-state index in [1.165, 1.54) is 7.11 Å². The number of nitrogens with one attached hydrogen (secondary N) is 2. The van der Waals surface area contributed by atoms with Crippen LogP contribution in [-0.2, 0) is 16.0 Å². The molecule has 1 fully saturated rings. The highest BCUT2D eigenvalue weighted by Crippen LogP contribution is 2.15. The first-order valence-corrected chi connectivity index (χ1v) is 7.43. The van der Waals surface area contributed by atoms with Gasteiger partial charge in [-0.25, -0.2) is 9.59 Å². The molecule has 120 valence electrons. The molecule has 1 heterocycles. The molecule has 0 spiro atoms. The maximum Gasteiger partial charge on any atom is 0.337 e. The number of amides is 2. The standard InChI is InChI=1S/C16H22N2O4/c1-11(14-4-3-9-22-14)18-16(20)17-10-12-5-7-13(8-6-12)15(19)21-2/h5-8,11,14H,3-4,9-10H2,1-2H3,(H2,17,18,20). The van der Waals surface area contributed by atoms with Gasteiger partial charge in [0.05, 0.1) is 24.8 Å². The van der Waals surface area contributed by atoms with Crippen LogP contribution in [0.1, 0.15) is 35.7 Å². The molecular formula is C16H22N2O4. The third-order valence-corrected chi connectivity index (χ3v) is 3.71. The molecule has 0 saturated carbocycles. The van der Waals surface area contributed by atoms with Crippen LogP contribution >= 0.6 is 0 Å². The lowest BCUT2D eigenvalue weighted by molar-refractivity contribution is 0.0600. The number of hydrogen-bond acceptors (Lipinski definition) is 4. The smallest absolute Gasteiger partial charge is 0.337 e. The lowest BCUT2D eigenvalue weighted by Gasteiger charge is -2.20. The van der Waals surface area contributed by atoms with Crippen molar-refractivity contribution in [1.29, 1.82) is 0 Å². The molecule has 6 heteroatoms. The van der Waals surface area contributed by atoms with Gasteiger partial charge in [0.1, 0.15) is 0 Å². The van der Waals surface area contributed by atoms with Crippen molar-refractivity contribution in [3.05, 3.63) is 35.4 Å². The number of benzene rings is 1. The number of hydrogen-bond donors (Lipinski definition) is 2. The van der Waals surface area contributed by atoms with E-state index in [2.05, 4.69) is 15.4 Å². The van der Waals surface area contributed by atoms with Crippen molar-refractivity contribution in [2.75, 3.05) is 13.7 Å². The maximum absolute atomic E-state index is 11.9. The molecule has 1 aliphatic heterocycles. The van der Waals surface area contributed by atoms with Crippen LogP contribution in [0.3, 0.4) is 0 Å². The summed E-state index contributed by atoms with van der Waals surface area (Å²) in [6.45, 7) is 3.11. The molecule has 6 nitrogen and oxygen atoms in total. The van der Waals surface area contributed by atoms with Crippen LogP contribution < -0.4 is 10.6 Å². The van der Waals surface area contributed by atoms with Gasteiger partial charge in [-0.1, -0.05) is 12.1 Å². The summed E-state index contributed by atoms with van der Waals surface area (Å²) in [5.74, 6) is -0.373. The van der Waals surface area contributed by atoms with Crippen LogP contribution in [0.2, 0.25) is 0 Å². The van der Waals surface area contributed by atoms with Gasteiger partial charge in [-0.05, 0) is 37.5 Å². The zero-order valence-corrected chi connectivity index (χ0v) is 12.9. The predicted octanol–water partition coefficient (Wildman–Crippen LogP) is 1.84. The Hall–Kier alpha value is -2.08. The fraction of sp³-hybridized carbons (Fsp3) is 0.500.